The van der Waals surface area contributed by atoms with Crippen LogP contribution in [-0.2, 0) is 4.74 Å². The predicted octanol–water partition coefficient (Wildman–Crippen LogP) is 4.03. The van der Waals surface area contributed by atoms with Crippen LogP contribution in [0, 0.1) is 17.3 Å². The van der Waals surface area contributed by atoms with Crippen LogP contribution in [0.5, 0.6) is 0 Å². The summed E-state index contributed by atoms with van der Waals surface area (Å²) in [6, 6.07) is 5.53. The lowest BCUT2D eigenvalue weighted by atomic mass is 9.54. The van der Waals surface area contributed by atoms with Crippen molar-refractivity contribution in [3.05, 3.63) is 22.4 Å². The van der Waals surface area contributed by atoms with E-state index in [0.717, 1.165) is 25.7 Å². The fourth-order valence-electron chi connectivity index (χ4n) is 6.94. The summed E-state index contributed by atoms with van der Waals surface area (Å²) in [7, 11) is 2.28. The first-order chi connectivity index (χ1) is 14.7. The number of fused-ring (bicyclic) bond motifs is 2. The van der Waals surface area contributed by atoms with Gasteiger partial charge in [0.05, 0.1) is 6.10 Å². The zero-order chi connectivity index (χ0) is 20.6. The Morgan fingerprint density at radius 3 is 2.93 bits per heavy atom. The van der Waals surface area contributed by atoms with Crippen LogP contribution in [0.15, 0.2) is 22.5 Å². The van der Waals surface area contributed by atoms with E-state index < -0.39 is 0 Å². The minimum atomic E-state index is 0.363. The highest BCUT2D eigenvalue weighted by Crippen LogP contribution is 2.60. The highest BCUT2D eigenvalue weighted by Gasteiger charge is 2.65. The molecular weight excluding hydrogens is 392 g/mol. The third kappa shape index (κ3) is 3.59. The molecule has 0 radical (unpaired) electrons. The third-order valence-corrected chi connectivity index (χ3v) is 9.19. The van der Waals surface area contributed by atoms with Crippen molar-refractivity contribution < 1.29 is 4.74 Å². The SMILES string of the molecule is CCNC(=NCC1CCCN(C)C1c1cccs1)NC1C2CCOC2C12CCCC2. The molecule has 2 saturated carbocycles. The van der Waals surface area contributed by atoms with Gasteiger partial charge in [-0.15, -0.1) is 11.3 Å². The maximum absolute atomic E-state index is 6.18. The average Bonchev–Trinajstić information content (AvgIpc) is 3.51. The van der Waals surface area contributed by atoms with E-state index in [4.69, 9.17) is 9.73 Å². The van der Waals surface area contributed by atoms with Crippen LogP contribution in [0.3, 0.4) is 0 Å². The molecular formula is C24H38N4OS. The molecule has 2 saturated heterocycles. The van der Waals surface area contributed by atoms with E-state index >= 15 is 0 Å². The van der Waals surface area contributed by atoms with Crippen molar-refractivity contribution in [1.82, 2.24) is 15.5 Å². The summed E-state index contributed by atoms with van der Waals surface area (Å²) in [5.41, 5.74) is 0.363. The maximum Gasteiger partial charge on any atom is 0.191 e. The Hall–Kier alpha value is -1.11. The van der Waals surface area contributed by atoms with Crippen LogP contribution >= 0.6 is 11.3 Å². The van der Waals surface area contributed by atoms with Gasteiger partial charge in [-0.1, -0.05) is 18.9 Å². The zero-order valence-corrected chi connectivity index (χ0v) is 19.4. The van der Waals surface area contributed by atoms with Gasteiger partial charge in [0.25, 0.3) is 0 Å². The molecule has 1 spiro atoms. The summed E-state index contributed by atoms with van der Waals surface area (Å²) in [5.74, 6) is 2.28. The number of hydrogen-bond acceptors (Lipinski definition) is 4. The fourth-order valence-corrected chi connectivity index (χ4v) is 7.92. The van der Waals surface area contributed by atoms with Crippen LogP contribution in [-0.4, -0.2) is 56.3 Å². The van der Waals surface area contributed by atoms with E-state index in [1.165, 1.54) is 56.4 Å². The summed E-state index contributed by atoms with van der Waals surface area (Å²) < 4.78 is 6.18. The number of nitrogens with zero attached hydrogens (tertiary/aromatic N) is 2. The number of hydrogen-bond donors (Lipinski definition) is 2. The van der Waals surface area contributed by atoms with Gasteiger partial charge >= 0.3 is 0 Å². The van der Waals surface area contributed by atoms with Crippen LogP contribution in [0.4, 0.5) is 0 Å². The number of nitrogens with one attached hydrogen (secondary N) is 2. The molecule has 0 aromatic carbocycles. The highest BCUT2D eigenvalue weighted by molar-refractivity contribution is 7.10. The second kappa shape index (κ2) is 8.79. The smallest absolute Gasteiger partial charge is 0.191 e. The van der Waals surface area contributed by atoms with Crippen LogP contribution < -0.4 is 10.6 Å². The normalized spacial score (nSPS) is 35.9. The molecule has 5 rings (SSSR count). The zero-order valence-electron chi connectivity index (χ0n) is 18.6. The van der Waals surface area contributed by atoms with Crippen molar-refractivity contribution >= 4 is 17.3 Å². The van der Waals surface area contributed by atoms with Gasteiger partial charge in [-0.05, 0) is 70.0 Å². The number of guanidine groups is 1. The molecule has 1 aromatic rings. The first kappa shape index (κ1) is 20.8. The minimum Gasteiger partial charge on any atom is -0.377 e. The summed E-state index contributed by atoms with van der Waals surface area (Å²) in [6.45, 7) is 6.11. The van der Waals surface area contributed by atoms with E-state index in [-0.39, 0.29) is 0 Å². The molecule has 4 fully saturated rings. The standard InChI is InChI=1S/C24H38N4OS/c1-3-25-23(27-21-18-10-14-29-22(18)24(21)11-4-5-12-24)26-16-17-8-6-13-28(2)20(17)19-9-7-15-30-19/h7,9,15,17-18,20-22H,3-6,8,10-14,16H2,1-2H3,(H2,25,26,27). The molecule has 166 valence electrons. The topological polar surface area (TPSA) is 48.9 Å². The molecule has 2 aliphatic carbocycles. The largest absolute Gasteiger partial charge is 0.377 e. The van der Waals surface area contributed by atoms with Crippen molar-refractivity contribution in [2.45, 2.75) is 70.1 Å². The van der Waals surface area contributed by atoms with Crippen LogP contribution in [0.2, 0.25) is 0 Å². The molecule has 1 aromatic heterocycles. The molecule has 0 amide bonds. The Morgan fingerprint density at radius 2 is 2.17 bits per heavy atom. The van der Waals surface area contributed by atoms with E-state index in [9.17, 15) is 0 Å². The van der Waals surface area contributed by atoms with Gasteiger partial charge in [-0.3, -0.25) is 9.89 Å². The molecule has 5 atom stereocenters. The Morgan fingerprint density at radius 1 is 1.30 bits per heavy atom. The van der Waals surface area contributed by atoms with Crippen molar-refractivity contribution in [2.24, 2.45) is 22.2 Å². The minimum absolute atomic E-state index is 0.363. The molecule has 2 aliphatic heterocycles. The second-order valence-electron chi connectivity index (χ2n) is 9.87. The molecule has 5 unspecified atom stereocenters. The number of ether oxygens (including phenoxy) is 1. The summed E-state index contributed by atoms with van der Waals surface area (Å²) in [4.78, 5) is 9.18. The van der Waals surface area contributed by atoms with Gasteiger partial charge in [0.1, 0.15) is 0 Å². The first-order valence-electron chi connectivity index (χ1n) is 12.1. The van der Waals surface area contributed by atoms with Gasteiger partial charge < -0.3 is 15.4 Å². The Kier molecular flexibility index (Phi) is 6.09. The number of thiophene rings is 1. The van der Waals surface area contributed by atoms with E-state index in [1.807, 2.05) is 11.3 Å². The fraction of sp³-hybridized carbons (Fsp3) is 0.792. The average molecular weight is 431 g/mol. The quantitative estimate of drug-likeness (QED) is 0.547. The first-order valence-corrected chi connectivity index (χ1v) is 13.0. The number of aliphatic imine (C=N–C) groups is 1. The van der Waals surface area contributed by atoms with Crippen LogP contribution in [0.25, 0.3) is 0 Å². The highest BCUT2D eigenvalue weighted by atomic mass is 32.1. The van der Waals surface area contributed by atoms with Crippen molar-refractivity contribution in [2.75, 3.05) is 33.3 Å². The van der Waals surface area contributed by atoms with Gasteiger partial charge in [-0.2, -0.15) is 0 Å². The van der Waals surface area contributed by atoms with E-state index in [0.29, 0.717) is 35.4 Å². The number of likely N-dealkylation sites (tertiary alicyclic amines) is 1. The lowest BCUT2D eigenvalue weighted by Crippen LogP contribution is -2.69. The van der Waals surface area contributed by atoms with Gasteiger partial charge in [0.2, 0.25) is 0 Å². The summed E-state index contributed by atoms with van der Waals surface area (Å²) in [6.07, 6.45) is 9.59. The molecule has 5 nitrogen and oxygen atoms in total. The van der Waals surface area contributed by atoms with Gasteiger partial charge in [-0.25, -0.2) is 0 Å². The van der Waals surface area contributed by atoms with E-state index in [1.54, 1.807) is 0 Å². The summed E-state index contributed by atoms with van der Waals surface area (Å²) >= 11 is 1.89. The maximum atomic E-state index is 6.18. The van der Waals surface area contributed by atoms with Gasteiger partial charge in [0, 0.05) is 48.0 Å². The third-order valence-electron chi connectivity index (χ3n) is 8.25. The van der Waals surface area contributed by atoms with Crippen molar-refractivity contribution in [1.29, 1.82) is 0 Å². The summed E-state index contributed by atoms with van der Waals surface area (Å²) in [5, 5.41) is 9.67. The predicted molar refractivity (Wildman–Crippen MR) is 124 cm³/mol. The second-order valence-corrected chi connectivity index (χ2v) is 10.8. The lowest BCUT2D eigenvalue weighted by molar-refractivity contribution is -0.125. The number of rotatable bonds is 5. The Balaban J connectivity index is 1.30. The molecule has 4 aliphatic rings. The van der Waals surface area contributed by atoms with Crippen LogP contribution in [0.1, 0.15) is 62.8 Å². The molecule has 3 heterocycles. The van der Waals surface area contributed by atoms with Crippen molar-refractivity contribution in [3.63, 3.8) is 0 Å². The van der Waals surface area contributed by atoms with Gasteiger partial charge in [0.15, 0.2) is 5.96 Å². The lowest BCUT2D eigenvalue weighted by Gasteiger charge is -2.57. The Bertz CT molecular complexity index is 730. The Labute approximate surface area is 185 Å². The monoisotopic (exact) mass is 430 g/mol. The van der Waals surface area contributed by atoms with Crippen molar-refractivity contribution in [3.8, 4) is 0 Å². The van der Waals surface area contributed by atoms with E-state index in [2.05, 4.69) is 47.0 Å². The molecule has 6 heteroatoms. The molecule has 0 bridgehead atoms. The molecule has 2 N–H and O–H groups in total. The number of piperidine rings is 1. The molecule has 30 heavy (non-hydrogen) atoms.